The number of aromatic nitrogens is 6. The number of nitrogens with zero attached hydrogens (tertiary/aromatic N) is 7. The normalized spacial score (nSPS) is 20.9. The zero-order valence-electron chi connectivity index (χ0n) is 30.4. The quantitative estimate of drug-likeness (QED) is 0.0947. The molecule has 0 unspecified atom stereocenters. The maximum absolute atomic E-state index is 12.8. The van der Waals surface area contributed by atoms with Crippen LogP contribution in [-0.4, -0.2) is 94.0 Å². The lowest BCUT2D eigenvalue weighted by molar-refractivity contribution is -0.0434. The van der Waals surface area contributed by atoms with Gasteiger partial charge >= 0.3 is 6.03 Å². The fourth-order valence-electron chi connectivity index (χ4n) is 7.13. The van der Waals surface area contributed by atoms with Gasteiger partial charge < -0.3 is 50.5 Å². The van der Waals surface area contributed by atoms with Crippen molar-refractivity contribution in [3.63, 3.8) is 0 Å². The van der Waals surface area contributed by atoms with Gasteiger partial charge in [-0.25, -0.2) is 9.78 Å². The first-order valence-corrected chi connectivity index (χ1v) is 18.5. The van der Waals surface area contributed by atoms with Gasteiger partial charge in [0.2, 0.25) is 5.95 Å². The fraction of sp³-hybridized carbons (Fsp3) is 0.333. The van der Waals surface area contributed by atoms with Crippen molar-refractivity contribution in [1.82, 2.24) is 40.3 Å². The minimum absolute atomic E-state index is 0.140. The van der Waals surface area contributed by atoms with Crippen molar-refractivity contribution in [2.45, 2.75) is 62.8 Å². The van der Waals surface area contributed by atoms with Crippen LogP contribution in [0, 0.1) is 0 Å². The highest BCUT2D eigenvalue weighted by atomic mass is 16.6. The van der Waals surface area contributed by atoms with Gasteiger partial charge in [-0.15, -0.1) is 0 Å². The standard InChI is InChI=1S/C39H42N10O7/c1-2-25-17-30(56-47-25)34-32(52)33(53)37(55-34)49-21-43-31-35(41-19-29(23-3-7-27(50)8-4-23)24-5-9-28(51)10-6-24)45-38(46-36(31)49)48-16-13-26(20-48)44-39(54)42-18-22-11-14-40-15-12-22/h3-12,14-15,17,21,26,29,32-34,37,50-53H,2,13,16,18-20H2,1H3,(H,41,45,46)(H2,42,44,54)/t26-,32-,33+,34+,37+/m0/s1. The van der Waals surface area contributed by atoms with E-state index in [0.717, 1.165) is 16.7 Å². The summed E-state index contributed by atoms with van der Waals surface area (Å²) in [5.74, 6) is 1.12. The summed E-state index contributed by atoms with van der Waals surface area (Å²) in [6.07, 6.45) is 1.38. The van der Waals surface area contributed by atoms with Crippen LogP contribution in [0.25, 0.3) is 11.2 Å². The number of anilines is 2. The van der Waals surface area contributed by atoms with Gasteiger partial charge in [-0.1, -0.05) is 36.3 Å². The second-order valence-electron chi connectivity index (χ2n) is 13.9. The molecule has 2 aliphatic heterocycles. The number of urea groups is 1. The number of aliphatic hydroxyl groups excluding tert-OH is 2. The lowest BCUT2D eigenvalue weighted by Gasteiger charge is -2.22. The molecule has 0 spiro atoms. The first-order chi connectivity index (χ1) is 27.2. The molecule has 56 heavy (non-hydrogen) atoms. The third kappa shape index (κ3) is 7.64. The van der Waals surface area contributed by atoms with Crippen LogP contribution in [0.15, 0.2) is 90.0 Å². The number of pyridine rings is 1. The van der Waals surface area contributed by atoms with Crippen LogP contribution < -0.4 is 20.9 Å². The van der Waals surface area contributed by atoms with E-state index in [9.17, 15) is 25.2 Å². The number of hydrogen-bond donors (Lipinski definition) is 7. The molecule has 0 aliphatic carbocycles. The first-order valence-electron chi connectivity index (χ1n) is 18.5. The predicted octanol–water partition coefficient (Wildman–Crippen LogP) is 3.50. The van der Waals surface area contributed by atoms with E-state index in [1.54, 1.807) is 47.3 Å². The monoisotopic (exact) mass is 762 g/mol. The summed E-state index contributed by atoms with van der Waals surface area (Å²) in [4.78, 5) is 33.3. The van der Waals surface area contributed by atoms with Crippen LogP contribution in [0.5, 0.6) is 11.5 Å². The largest absolute Gasteiger partial charge is 0.508 e. The zero-order chi connectivity index (χ0) is 38.8. The van der Waals surface area contributed by atoms with E-state index in [1.807, 2.05) is 48.2 Å². The molecule has 2 aliphatic rings. The average Bonchev–Trinajstić information content (AvgIpc) is 4.03. The highest BCUT2D eigenvalue weighted by Crippen LogP contribution is 2.41. The molecule has 2 aromatic carbocycles. The van der Waals surface area contributed by atoms with Crippen LogP contribution in [-0.2, 0) is 17.7 Å². The van der Waals surface area contributed by atoms with E-state index in [4.69, 9.17) is 19.2 Å². The van der Waals surface area contributed by atoms with Gasteiger partial charge in [0.25, 0.3) is 0 Å². The van der Waals surface area contributed by atoms with Crippen molar-refractivity contribution >= 4 is 29.0 Å². The van der Waals surface area contributed by atoms with Gasteiger partial charge in [0.05, 0.1) is 12.0 Å². The third-order valence-corrected chi connectivity index (χ3v) is 10.2. The van der Waals surface area contributed by atoms with E-state index in [1.165, 1.54) is 6.33 Å². The average molecular weight is 763 g/mol. The summed E-state index contributed by atoms with van der Waals surface area (Å²) in [5.41, 5.74) is 4.19. The molecular formula is C39H42N10O7. The number of carbonyl (C=O) groups is 1. The van der Waals surface area contributed by atoms with Crippen molar-refractivity contribution in [1.29, 1.82) is 0 Å². The molecule has 0 radical (unpaired) electrons. The highest BCUT2D eigenvalue weighted by molar-refractivity contribution is 5.84. The number of aromatic hydroxyl groups is 2. The topological polar surface area (TPSA) is 229 Å². The molecular weight excluding hydrogens is 720 g/mol. The van der Waals surface area contributed by atoms with Crippen LogP contribution in [0.2, 0.25) is 0 Å². The van der Waals surface area contributed by atoms with Crippen LogP contribution >= 0.6 is 0 Å². The Kier molecular flexibility index (Phi) is 10.4. The number of imidazole rings is 1. The molecule has 2 saturated heterocycles. The summed E-state index contributed by atoms with van der Waals surface area (Å²) in [6, 6.07) is 18.8. The Morgan fingerprint density at radius 2 is 1.68 bits per heavy atom. The Hall–Kier alpha value is -6.30. The molecule has 17 nitrogen and oxygen atoms in total. The number of carbonyl (C=O) groups excluding carboxylic acids is 1. The Bertz CT molecular complexity index is 2220. The van der Waals surface area contributed by atoms with Crippen molar-refractivity contribution in [3.05, 3.63) is 114 Å². The van der Waals surface area contributed by atoms with Gasteiger partial charge in [-0.3, -0.25) is 9.55 Å². The molecule has 17 heteroatoms. The zero-order valence-corrected chi connectivity index (χ0v) is 30.4. The van der Waals surface area contributed by atoms with E-state index >= 15 is 0 Å². The number of hydrogen-bond acceptors (Lipinski definition) is 14. The number of nitrogens with one attached hydrogen (secondary N) is 3. The fourth-order valence-corrected chi connectivity index (χ4v) is 7.13. The van der Waals surface area contributed by atoms with E-state index in [2.05, 4.69) is 31.1 Å². The van der Waals surface area contributed by atoms with Gasteiger partial charge in [-0.05, 0) is 65.9 Å². The second-order valence-corrected chi connectivity index (χ2v) is 13.9. The summed E-state index contributed by atoms with van der Waals surface area (Å²) in [7, 11) is 0. The van der Waals surface area contributed by atoms with Crippen molar-refractivity contribution in [3.8, 4) is 11.5 Å². The molecule has 2 fully saturated rings. The number of benzene rings is 2. The molecule has 0 saturated carbocycles. The maximum atomic E-state index is 12.8. The molecule has 290 valence electrons. The van der Waals surface area contributed by atoms with Crippen molar-refractivity contribution in [2.24, 2.45) is 0 Å². The number of aliphatic hydroxyl groups is 2. The van der Waals surface area contributed by atoms with Gasteiger partial charge in [-0.2, -0.15) is 9.97 Å². The lowest BCUT2D eigenvalue weighted by Crippen LogP contribution is -2.43. The number of rotatable bonds is 12. The number of amides is 2. The SMILES string of the molecule is CCc1cc([C@H]2O[C@@H](n3cnc4c(NCC(c5ccc(O)cc5)c5ccc(O)cc5)nc(N5CC[C@H](NC(=O)NCc6ccncc6)C5)nc43)[C@H](O)[C@@H]2O)on1. The Balaban J connectivity index is 1.09. The van der Waals surface area contributed by atoms with Crippen molar-refractivity contribution < 1.29 is 34.5 Å². The summed E-state index contributed by atoms with van der Waals surface area (Å²) >= 11 is 0. The number of phenols is 2. The maximum Gasteiger partial charge on any atom is 0.315 e. The molecule has 7 N–H and O–H groups in total. The minimum atomic E-state index is -1.36. The predicted molar refractivity (Wildman–Crippen MR) is 203 cm³/mol. The molecule has 4 aromatic heterocycles. The lowest BCUT2D eigenvalue weighted by atomic mass is 9.91. The Morgan fingerprint density at radius 1 is 0.964 bits per heavy atom. The van der Waals surface area contributed by atoms with E-state index in [-0.39, 0.29) is 29.5 Å². The van der Waals surface area contributed by atoms with E-state index in [0.29, 0.717) is 73.4 Å². The van der Waals surface area contributed by atoms with Gasteiger partial charge in [0.15, 0.2) is 29.0 Å². The first kappa shape index (κ1) is 36.7. The number of phenolic OH excluding ortho intramolecular Hbond substituents is 2. The molecule has 0 bridgehead atoms. The van der Waals surface area contributed by atoms with Crippen molar-refractivity contribution in [2.75, 3.05) is 29.9 Å². The number of aryl methyl sites for hydroxylation is 1. The number of ether oxygens (including phenoxy) is 1. The summed E-state index contributed by atoms with van der Waals surface area (Å²) < 4.78 is 13.3. The smallest absolute Gasteiger partial charge is 0.315 e. The molecule has 8 rings (SSSR count). The summed E-state index contributed by atoms with van der Waals surface area (Å²) in [5, 5.41) is 55.8. The van der Waals surface area contributed by atoms with Crippen LogP contribution in [0.3, 0.4) is 0 Å². The van der Waals surface area contributed by atoms with Crippen LogP contribution in [0.4, 0.5) is 16.6 Å². The van der Waals surface area contributed by atoms with Crippen LogP contribution in [0.1, 0.15) is 59.7 Å². The Morgan fingerprint density at radius 3 is 2.36 bits per heavy atom. The third-order valence-electron chi connectivity index (χ3n) is 10.2. The minimum Gasteiger partial charge on any atom is -0.508 e. The molecule has 2 amide bonds. The van der Waals surface area contributed by atoms with Gasteiger partial charge in [0.1, 0.15) is 29.8 Å². The van der Waals surface area contributed by atoms with Gasteiger partial charge in [0, 0.05) is 56.6 Å². The molecule has 6 heterocycles. The summed E-state index contributed by atoms with van der Waals surface area (Å²) in [6.45, 7) is 3.61. The second kappa shape index (κ2) is 15.8. The molecule has 5 atom stereocenters. The highest BCUT2D eigenvalue weighted by Gasteiger charge is 2.47. The Labute approximate surface area is 321 Å². The van der Waals surface area contributed by atoms with E-state index < -0.39 is 24.5 Å². The molecule has 6 aromatic rings. The number of fused-ring (bicyclic) bond motifs is 1.